The van der Waals surface area contributed by atoms with E-state index in [9.17, 15) is 9.59 Å². The van der Waals surface area contributed by atoms with E-state index in [1.807, 2.05) is 0 Å². The van der Waals surface area contributed by atoms with Gasteiger partial charge in [0.25, 0.3) is 5.91 Å². The van der Waals surface area contributed by atoms with E-state index in [0.29, 0.717) is 30.1 Å². The molecule has 1 N–H and O–H groups in total. The van der Waals surface area contributed by atoms with Gasteiger partial charge in [-0.1, -0.05) is 39.5 Å². The van der Waals surface area contributed by atoms with E-state index < -0.39 is 5.97 Å². The van der Waals surface area contributed by atoms with Crippen LogP contribution in [0, 0.1) is 0 Å². The molecule has 1 amide bonds. The molecule has 0 aliphatic rings. The first-order chi connectivity index (χ1) is 18.6. The SMILES string of the molecule is CCCCCOc1ccc(C(=O)N/N=C/c2ccc(OC(=O)c3ccc(OCCCCC)cc3)cc2)cc1. The maximum absolute atomic E-state index is 12.4. The summed E-state index contributed by atoms with van der Waals surface area (Å²) in [4.78, 5) is 24.8. The number of amides is 1. The summed E-state index contributed by atoms with van der Waals surface area (Å²) in [5, 5.41) is 4.01. The van der Waals surface area contributed by atoms with Gasteiger partial charge in [0.2, 0.25) is 0 Å². The van der Waals surface area contributed by atoms with Crippen LogP contribution in [0.4, 0.5) is 0 Å². The lowest BCUT2D eigenvalue weighted by Gasteiger charge is -2.07. The molecule has 0 heterocycles. The van der Waals surface area contributed by atoms with Gasteiger partial charge in [0.1, 0.15) is 17.2 Å². The molecular formula is C31H36N2O5. The van der Waals surface area contributed by atoms with E-state index in [-0.39, 0.29) is 5.91 Å². The van der Waals surface area contributed by atoms with Gasteiger partial charge in [-0.15, -0.1) is 0 Å². The average molecular weight is 517 g/mol. The largest absolute Gasteiger partial charge is 0.494 e. The van der Waals surface area contributed by atoms with Gasteiger partial charge in [-0.3, -0.25) is 4.79 Å². The summed E-state index contributed by atoms with van der Waals surface area (Å²) in [6.07, 6.45) is 8.10. The minimum absolute atomic E-state index is 0.318. The Morgan fingerprint density at radius 3 is 1.71 bits per heavy atom. The normalized spacial score (nSPS) is 10.8. The Hall–Kier alpha value is -4.13. The van der Waals surface area contributed by atoms with E-state index in [1.165, 1.54) is 6.21 Å². The summed E-state index contributed by atoms with van der Waals surface area (Å²) >= 11 is 0. The van der Waals surface area contributed by atoms with Gasteiger partial charge in [0, 0.05) is 5.56 Å². The number of hydrazone groups is 1. The zero-order valence-corrected chi connectivity index (χ0v) is 22.2. The fourth-order valence-electron chi connectivity index (χ4n) is 3.49. The molecule has 0 radical (unpaired) electrons. The van der Waals surface area contributed by atoms with Gasteiger partial charge in [-0.2, -0.15) is 5.10 Å². The first-order valence-electron chi connectivity index (χ1n) is 13.2. The summed E-state index contributed by atoms with van der Waals surface area (Å²) in [5.41, 5.74) is 4.18. The Morgan fingerprint density at radius 1 is 0.684 bits per heavy atom. The Kier molecular flexibility index (Phi) is 11.9. The zero-order chi connectivity index (χ0) is 27.0. The van der Waals surface area contributed by atoms with Crippen molar-refractivity contribution in [2.45, 2.75) is 52.4 Å². The third-order valence-electron chi connectivity index (χ3n) is 5.71. The second kappa shape index (κ2) is 15.9. The lowest BCUT2D eigenvalue weighted by molar-refractivity contribution is 0.0734. The van der Waals surface area contributed by atoms with Crippen LogP contribution in [0.3, 0.4) is 0 Å². The number of unbranched alkanes of at least 4 members (excludes halogenated alkanes) is 4. The summed E-state index contributed by atoms with van der Waals surface area (Å²) < 4.78 is 16.8. The van der Waals surface area contributed by atoms with Gasteiger partial charge in [-0.05, 0) is 91.2 Å². The number of nitrogens with one attached hydrogen (secondary N) is 1. The average Bonchev–Trinajstić information content (AvgIpc) is 2.95. The molecule has 0 fully saturated rings. The lowest BCUT2D eigenvalue weighted by atomic mass is 10.2. The van der Waals surface area contributed by atoms with E-state index in [0.717, 1.165) is 55.6 Å². The lowest BCUT2D eigenvalue weighted by Crippen LogP contribution is -2.17. The van der Waals surface area contributed by atoms with Crippen LogP contribution in [0.2, 0.25) is 0 Å². The summed E-state index contributed by atoms with van der Waals surface area (Å²) in [7, 11) is 0. The molecule has 0 atom stereocenters. The predicted molar refractivity (Wildman–Crippen MR) is 149 cm³/mol. The number of rotatable bonds is 15. The van der Waals surface area contributed by atoms with Gasteiger partial charge in [0.05, 0.1) is 25.0 Å². The summed E-state index contributed by atoms with van der Waals surface area (Å²) in [6.45, 7) is 5.63. The van der Waals surface area contributed by atoms with Crippen LogP contribution in [-0.4, -0.2) is 31.3 Å². The van der Waals surface area contributed by atoms with Crippen molar-refractivity contribution < 1.29 is 23.8 Å². The monoisotopic (exact) mass is 516 g/mol. The van der Waals surface area contributed by atoms with Crippen molar-refractivity contribution in [3.05, 3.63) is 89.5 Å². The highest BCUT2D eigenvalue weighted by molar-refractivity contribution is 5.95. The maximum atomic E-state index is 12.4. The van der Waals surface area contributed by atoms with E-state index in [1.54, 1.807) is 72.8 Å². The number of benzene rings is 3. The molecule has 200 valence electrons. The number of nitrogens with zero attached hydrogens (tertiary/aromatic N) is 1. The van der Waals surface area contributed by atoms with Gasteiger partial charge in [-0.25, -0.2) is 10.2 Å². The van der Waals surface area contributed by atoms with Crippen LogP contribution in [0.15, 0.2) is 77.9 Å². The van der Waals surface area contributed by atoms with Crippen LogP contribution in [-0.2, 0) is 0 Å². The maximum Gasteiger partial charge on any atom is 0.343 e. The molecule has 3 aromatic carbocycles. The number of esters is 1. The summed E-state index contributed by atoms with van der Waals surface area (Å²) in [5.74, 6) is 1.12. The van der Waals surface area contributed by atoms with Crippen LogP contribution >= 0.6 is 0 Å². The van der Waals surface area contributed by atoms with Crippen molar-refractivity contribution in [2.75, 3.05) is 13.2 Å². The van der Waals surface area contributed by atoms with Crippen molar-refractivity contribution >= 4 is 18.1 Å². The van der Waals surface area contributed by atoms with Crippen LogP contribution in [0.5, 0.6) is 17.2 Å². The first kappa shape index (κ1) is 28.4. The molecule has 7 nitrogen and oxygen atoms in total. The molecule has 7 heteroatoms. The third-order valence-corrected chi connectivity index (χ3v) is 5.71. The Bertz CT molecular complexity index is 1160. The smallest absolute Gasteiger partial charge is 0.343 e. The highest BCUT2D eigenvalue weighted by Crippen LogP contribution is 2.17. The molecule has 0 aliphatic carbocycles. The summed E-state index contributed by atoms with van der Waals surface area (Å²) in [6, 6.07) is 20.7. The first-order valence-corrected chi connectivity index (χ1v) is 13.2. The third kappa shape index (κ3) is 9.73. The number of hydrogen-bond donors (Lipinski definition) is 1. The van der Waals surface area contributed by atoms with Crippen LogP contribution in [0.1, 0.15) is 78.7 Å². The standard InChI is InChI=1S/C31H36N2O5/c1-3-5-7-21-36-27-17-11-25(12-18-27)30(34)33-32-23-24-9-15-29(16-10-24)38-31(35)26-13-19-28(20-14-26)37-22-8-6-4-2/h9-20,23H,3-8,21-22H2,1-2H3,(H,33,34)/b32-23+. The molecule has 0 spiro atoms. The second-order valence-corrected chi connectivity index (χ2v) is 8.82. The van der Waals surface area contributed by atoms with Crippen LogP contribution < -0.4 is 19.6 Å². The quantitative estimate of drug-likeness (QED) is 0.0789. The van der Waals surface area contributed by atoms with Crippen molar-refractivity contribution in [3.63, 3.8) is 0 Å². The van der Waals surface area contributed by atoms with Crippen molar-refractivity contribution in [1.29, 1.82) is 0 Å². The molecule has 3 rings (SSSR count). The Labute approximate surface area is 224 Å². The Morgan fingerprint density at radius 2 is 1.18 bits per heavy atom. The van der Waals surface area contributed by atoms with E-state index in [4.69, 9.17) is 14.2 Å². The minimum Gasteiger partial charge on any atom is -0.494 e. The van der Waals surface area contributed by atoms with Gasteiger partial charge in [0.15, 0.2) is 0 Å². The van der Waals surface area contributed by atoms with E-state index >= 15 is 0 Å². The number of carbonyl (C=O) groups is 2. The fraction of sp³-hybridized carbons (Fsp3) is 0.323. The molecule has 0 aliphatic heterocycles. The molecule has 0 bridgehead atoms. The van der Waals surface area contributed by atoms with Gasteiger partial charge < -0.3 is 14.2 Å². The molecule has 0 saturated heterocycles. The van der Waals surface area contributed by atoms with E-state index in [2.05, 4.69) is 24.4 Å². The zero-order valence-electron chi connectivity index (χ0n) is 22.2. The molecule has 0 unspecified atom stereocenters. The predicted octanol–water partition coefficient (Wildman–Crippen LogP) is 6.81. The number of ether oxygens (including phenoxy) is 3. The molecule has 3 aromatic rings. The number of carbonyl (C=O) groups excluding carboxylic acids is 2. The molecular weight excluding hydrogens is 480 g/mol. The number of hydrogen-bond acceptors (Lipinski definition) is 6. The molecule has 38 heavy (non-hydrogen) atoms. The van der Waals surface area contributed by atoms with Crippen molar-refractivity contribution in [1.82, 2.24) is 5.43 Å². The fourth-order valence-corrected chi connectivity index (χ4v) is 3.49. The second-order valence-electron chi connectivity index (χ2n) is 8.82. The van der Waals surface area contributed by atoms with Crippen molar-refractivity contribution in [3.8, 4) is 17.2 Å². The molecule has 0 saturated carbocycles. The highest BCUT2D eigenvalue weighted by Gasteiger charge is 2.09. The topological polar surface area (TPSA) is 86.2 Å². The molecule has 0 aromatic heterocycles. The highest BCUT2D eigenvalue weighted by atomic mass is 16.5. The van der Waals surface area contributed by atoms with Crippen molar-refractivity contribution in [2.24, 2.45) is 5.10 Å². The Balaban J connectivity index is 1.43. The minimum atomic E-state index is -0.450. The van der Waals surface area contributed by atoms with Crippen LogP contribution in [0.25, 0.3) is 0 Å². The van der Waals surface area contributed by atoms with Gasteiger partial charge >= 0.3 is 5.97 Å².